The lowest BCUT2D eigenvalue weighted by Gasteiger charge is -2.13. The minimum absolute atomic E-state index is 0.0534. The van der Waals surface area contributed by atoms with Gasteiger partial charge < -0.3 is 20.6 Å². The zero-order valence-electron chi connectivity index (χ0n) is 11.1. The Labute approximate surface area is 112 Å². The average Bonchev–Trinajstić information content (AvgIpc) is 2.35. The van der Waals surface area contributed by atoms with E-state index < -0.39 is 5.97 Å². The minimum atomic E-state index is -0.860. The minimum Gasteiger partial charge on any atom is -0.481 e. The van der Waals surface area contributed by atoms with Gasteiger partial charge in [-0.2, -0.15) is 0 Å². The lowest BCUT2D eigenvalue weighted by Crippen LogP contribution is -2.29. The van der Waals surface area contributed by atoms with E-state index in [0.717, 1.165) is 5.69 Å². The SMILES string of the molecule is CN(C)c1ccc(NC(=O)NCCCC(=O)O)cc1. The maximum absolute atomic E-state index is 11.5. The second-order valence-electron chi connectivity index (χ2n) is 4.32. The first-order valence-electron chi connectivity index (χ1n) is 6.03. The molecule has 0 saturated heterocycles. The van der Waals surface area contributed by atoms with E-state index in [1.54, 1.807) is 0 Å². The Morgan fingerprint density at radius 1 is 1.21 bits per heavy atom. The predicted octanol–water partition coefficient (Wildman–Crippen LogP) is 1.74. The summed E-state index contributed by atoms with van der Waals surface area (Å²) < 4.78 is 0. The van der Waals surface area contributed by atoms with Crippen LogP contribution in [0.25, 0.3) is 0 Å². The molecule has 0 spiro atoms. The number of amides is 2. The van der Waals surface area contributed by atoms with Gasteiger partial charge in [-0.25, -0.2) is 4.79 Å². The van der Waals surface area contributed by atoms with E-state index in [2.05, 4.69) is 10.6 Å². The van der Waals surface area contributed by atoms with E-state index in [-0.39, 0.29) is 12.5 Å². The monoisotopic (exact) mass is 265 g/mol. The normalized spacial score (nSPS) is 9.79. The van der Waals surface area contributed by atoms with Crippen LogP contribution in [-0.4, -0.2) is 37.7 Å². The molecule has 0 bridgehead atoms. The second kappa shape index (κ2) is 7.25. The van der Waals surface area contributed by atoms with E-state index in [1.807, 2.05) is 43.3 Å². The van der Waals surface area contributed by atoms with Crippen molar-refractivity contribution in [2.45, 2.75) is 12.8 Å². The van der Waals surface area contributed by atoms with Crippen molar-refractivity contribution in [1.29, 1.82) is 0 Å². The van der Waals surface area contributed by atoms with Crippen molar-refractivity contribution in [3.63, 3.8) is 0 Å². The number of carbonyl (C=O) groups excluding carboxylic acids is 1. The molecule has 0 aromatic heterocycles. The van der Waals surface area contributed by atoms with Gasteiger partial charge in [0.1, 0.15) is 0 Å². The molecule has 6 heteroatoms. The molecule has 0 heterocycles. The maximum Gasteiger partial charge on any atom is 0.319 e. The Hall–Kier alpha value is -2.24. The average molecular weight is 265 g/mol. The Morgan fingerprint density at radius 2 is 1.84 bits per heavy atom. The fraction of sp³-hybridized carbons (Fsp3) is 0.385. The smallest absolute Gasteiger partial charge is 0.319 e. The molecule has 6 nitrogen and oxygen atoms in total. The number of carboxylic acids is 1. The summed E-state index contributed by atoms with van der Waals surface area (Å²) in [5.41, 5.74) is 1.74. The molecule has 1 aromatic carbocycles. The van der Waals surface area contributed by atoms with Crippen molar-refractivity contribution in [2.75, 3.05) is 30.9 Å². The first kappa shape index (κ1) is 14.8. The summed E-state index contributed by atoms with van der Waals surface area (Å²) in [7, 11) is 3.88. The Morgan fingerprint density at radius 3 is 2.37 bits per heavy atom. The number of urea groups is 1. The second-order valence-corrected chi connectivity index (χ2v) is 4.32. The van der Waals surface area contributed by atoms with Crippen LogP contribution in [0.5, 0.6) is 0 Å². The van der Waals surface area contributed by atoms with Crippen molar-refractivity contribution < 1.29 is 14.7 Å². The van der Waals surface area contributed by atoms with Crippen LogP contribution in [-0.2, 0) is 4.79 Å². The van der Waals surface area contributed by atoms with Crippen LogP contribution in [0.15, 0.2) is 24.3 Å². The summed E-state index contributed by atoms with van der Waals surface area (Å²) in [6, 6.07) is 7.10. The van der Waals surface area contributed by atoms with Gasteiger partial charge in [-0.1, -0.05) is 0 Å². The van der Waals surface area contributed by atoms with Crippen molar-refractivity contribution in [3.8, 4) is 0 Å². The molecule has 1 aromatic rings. The van der Waals surface area contributed by atoms with Gasteiger partial charge in [0.15, 0.2) is 0 Å². The molecule has 3 N–H and O–H groups in total. The number of carbonyl (C=O) groups is 2. The Balaban J connectivity index is 2.33. The van der Waals surface area contributed by atoms with Crippen molar-refractivity contribution in [3.05, 3.63) is 24.3 Å². The van der Waals surface area contributed by atoms with Crippen LogP contribution >= 0.6 is 0 Å². The highest BCUT2D eigenvalue weighted by molar-refractivity contribution is 5.89. The van der Waals surface area contributed by atoms with Gasteiger partial charge in [0.2, 0.25) is 0 Å². The molecule has 0 aliphatic rings. The third kappa shape index (κ3) is 5.76. The van der Waals surface area contributed by atoms with Crippen molar-refractivity contribution >= 4 is 23.4 Å². The van der Waals surface area contributed by atoms with Crippen LogP contribution in [0.2, 0.25) is 0 Å². The fourth-order valence-electron chi connectivity index (χ4n) is 1.46. The zero-order valence-corrected chi connectivity index (χ0v) is 11.1. The molecule has 104 valence electrons. The molecule has 0 fully saturated rings. The molecule has 0 atom stereocenters. The maximum atomic E-state index is 11.5. The zero-order chi connectivity index (χ0) is 14.3. The van der Waals surface area contributed by atoms with E-state index in [4.69, 9.17) is 5.11 Å². The Bertz CT molecular complexity index is 429. The highest BCUT2D eigenvalue weighted by Gasteiger charge is 2.02. The lowest BCUT2D eigenvalue weighted by atomic mass is 10.2. The quantitative estimate of drug-likeness (QED) is 0.684. The van der Waals surface area contributed by atoms with Crippen LogP contribution < -0.4 is 15.5 Å². The number of benzene rings is 1. The molecule has 1 rings (SSSR count). The first-order chi connectivity index (χ1) is 8.99. The predicted molar refractivity (Wildman–Crippen MR) is 74.7 cm³/mol. The third-order valence-corrected chi connectivity index (χ3v) is 2.49. The van der Waals surface area contributed by atoms with Crippen LogP contribution in [0.1, 0.15) is 12.8 Å². The van der Waals surface area contributed by atoms with Crippen molar-refractivity contribution in [2.24, 2.45) is 0 Å². The highest BCUT2D eigenvalue weighted by atomic mass is 16.4. The van der Waals surface area contributed by atoms with Gasteiger partial charge in [-0.3, -0.25) is 4.79 Å². The van der Waals surface area contributed by atoms with Crippen molar-refractivity contribution in [1.82, 2.24) is 5.32 Å². The molecule has 0 aliphatic heterocycles. The highest BCUT2D eigenvalue weighted by Crippen LogP contribution is 2.15. The summed E-state index contributed by atoms with van der Waals surface area (Å²) in [6.45, 7) is 0.341. The van der Waals surface area contributed by atoms with E-state index in [1.165, 1.54) is 0 Å². The summed E-state index contributed by atoms with van der Waals surface area (Å²) in [4.78, 5) is 23.8. The number of hydrogen-bond donors (Lipinski definition) is 3. The number of nitrogens with zero attached hydrogens (tertiary/aromatic N) is 1. The molecule has 0 unspecified atom stereocenters. The number of anilines is 2. The molecule has 19 heavy (non-hydrogen) atoms. The van der Waals surface area contributed by atoms with Gasteiger partial charge in [-0.15, -0.1) is 0 Å². The van der Waals surface area contributed by atoms with Gasteiger partial charge >= 0.3 is 12.0 Å². The van der Waals surface area contributed by atoms with Crippen LogP contribution in [0.3, 0.4) is 0 Å². The molecule has 0 aliphatic carbocycles. The summed E-state index contributed by atoms with van der Waals surface area (Å²) in [5, 5.41) is 13.7. The van der Waals surface area contributed by atoms with E-state index in [0.29, 0.717) is 18.7 Å². The van der Waals surface area contributed by atoms with E-state index >= 15 is 0 Å². The van der Waals surface area contributed by atoms with Crippen LogP contribution in [0, 0.1) is 0 Å². The van der Waals surface area contributed by atoms with Gasteiger partial charge in [0.25, 0.3) is 0 Å². The Kier molecular flexibility index (Phi) is 5.66. The number of rotatable bonds is 6. The number of nitrogens with one attached hydrogen (secondary N) is 2. The molecular formula is C13H19N3O3. The van der Waals surface area contributed by atoms with Gasteiger partial charge in [0.05, 0.1) is 0 Å². The largest absolute Gasteiger partial charge is 0.481 e. The van der Waals surface area contributed by atoms with E-state index in [9.17, 15) is 9.59 Å². The number of carboxylic acid groups (broad SMARTS) is 1. The lowest BCUT2D eigenvalue weighted by molar-refractivity contribution is -0.137. The molecular weight excluding hydrogens is 246 g/mol. The van der Waals surface area contributed by atoms with Crippen LogP contribution in [0.4, 0.5) is 16.2 Å². The fourth-order valence-corrected chi connectivity index (χ4v) is 1.46. The summed E-state index contributed by atoms with van der Waals surface area (Å²) >= 11 is 0. The summed E-state index contributed by atoms with van der Waals surface area (Å²) in [6.07, 6.45) is 0.472. The van der Waals surface area contributed by atoms with Gasteiger partial charge in [0, 0.05) is 38.4 Å². The molecule has 0 radical (unpaired) electrons. The molecule has 2 amide bonds. The first-order valence-corrected chi connectivity index (χ1v) is 6.03. The standard InChI is InChI=1S/C13H19N3O3/c1-16(2)11-7-5-10(6-8-11)15-13(19)14-9-3-4-12(17)18/h5-8H,3-4,9H2,1-2H3,(H,17,18)(H2,14,15,19). The molecule has 0 saturated carbocycles. The number of aliphatic carboxylic acids is 1. The summed E-state index contributed by atoms with van der Waals surface area (Å²) in [5.74, 6) is -0.860. The van der Waals surface area contributed by atoms with Gasteiger partial charge in [-0.05, 0) is 30.7 Å². The third-order valence-electron chi connectivity index (χ3n) is 2.49. The topological polar surface area (TPSA) is 81.7 Å². The number of hydrogen-bond acceptors (Lipinski definition) is 3.